The van der Waals surface area contributed by atoms with Crippen LogP contribution in [0.2, 0.25) is 0 Å². The molecule has 8 nitrogen and oxygen atoms in total. The zero-order valence-electron chi connectivity index (χ0n) is 14.6. The van der Waals surface area contributed by atoms with Crippen LogP contribution in [0.25, 0.3) is 5.52 Å². The summed E-state index contributed by atoms with van der Waals surface area (Å²) in [7, 11) is 1.54. The number of imidazole rings is 1. The summed E-state index contributed by atoms with van der Waals surface area (Å²) in [5, 5.41) is 14.3. The van der Waals surface area contributed by atoms with Gasteiger partial charge in [0.05, 0.1) is 23.8 Å². The van der Waals surface area contributed by atoms with E-state index < -0.39 is 11.8 Å². The summed E-state index contributed by atoms with van der Waals surface area (Å²) in [4.78, 5) is 29.3. The van der Waals surface area contributed by atoms with Crippen molar-refractivity contribution in [3.05, 3.63) is 65.7 Å². The number of nitriles is 1. The molecule has 2 N–H and O–H groups in total. The van der Waals surface area contributed by atoms with Crippen LogP contribution >= 0.6 is 0 Å². The van der Waals surface area contributed by atoms with Gasteiger partial charge in [-0.1, -0.05) is 6.07 Å². The second kappa shape index (κ2) is 8.12. The minimum atomic E-state index is -0.445. The molecule has 2 heterocycles. The molecule has 2 aromatic heterocycles. The van der Waals surface area contributed by atoms with Gasteiger partial charge in [0.1, 0.15) is 0 Å². The first-order valence-electron chi connectivity index (χ1n) is 8.20. The van der Waals surface area contributed by atoms with Crippen molar-refractivity contribution in [3.63, 3.8) is 0 Å². The van der Waals surface area contributed by atoms with Crippen molar-refractivity contribution in [3.8, 4) is 6.07 Å². The van der Waals surface area contributed by atoms with Gasteiger partial charge >= 0.3 is 0 Å². The van der Waals surface area contributed by atoms with E-state index in [4.69, 9.17) is 10.00 Å². The van der Waals surface area contributed by atoms with Crippen LogP contribution < -0.4 is 10.6 Å². The van der Waals surface area contributed by atoms with Crippen LogP contribution in [0.5, 0.6) is 0 Å². The molecule has 0 saturated heterocycles. The average Bonchev–Trinajstić information content (AvgIpc) is 3.09. The number of anilines is 1. The minimum Gasteiger partial charge on any atom is -0.383 e. The van der Waals surface area contributed by atoms with E-state index in [1.165, 1.54) is 0 Å². The fourth-order valence-electron chi connectivity index (χ4n) is 2.53. The van der Waals surface area contributed by atoms with Crippen molar-refractivity contribution in [1.29, 1.82) is 5.26 Å². The Labute approximate surface area is 155 Å². The molecule has 136 valence electrons. The lowest BCUT2D eigenvalue weighted by atomic mass is 10.2. The summed E-state index contributed by atoms with van der Waals surface area (Å²) in [5.74, 6) is -0.725. The molecule has 1 aromatic carbocycles. The number of rotatable bonds is 6. The molecule has 0 bridgehead atoms. The highest BCUT2D eigenvalue weighted by atomic mass is 16.5. The molecular formula is C19H17N5O3. The van der Waals surface area contributed by atoms with Gasteiger partial charge in [0.25, 0.3) is 11.8 Å². The Morgan fingerprint density at radius 2 is 1.96 bits per heavy atom. The standard InChI is InChI=1S/C19H17N5O3/c1-27-11-9-21-19(26)17-23-16(15-4-2-3-10-24(15)17)18(25)22-14-7-5-13(12-20)6-8-14/h2-8,10H,9,11H2,1H3,(H,21,26)(H,22,25). The zero-order valence-corrected chi connectivity index (χ0v) is 14.6. The first-order chi connectivity index (χ1) is 13.1. The number of nitrogens with zero attached hydrogens (tertiary/aromatic N) is 3. The van der Waals surface area contributed by atoms with Crippen molar-refractivity contribution in [2.24, 2.45) is 0 Å². The Bertz CT molecular complexity index is 1020. The van der Waals surface area contributed by atoms with Gasteiger partial charge in [-0.05, 0) is 36.4 Å². The van der Waals surface area contributed by atoms with Gasteiger partial charge in [0.15, 0.2) is 5.69 Å². The van der Waals surface area contributed by atoms with Crippen LogP contribution in [0.3, 0.4) is 0 Å². The summed E-state index contributed by atoms with van der Waals surface area (Å²) in [6.45, 7) is 0.713. The Kier molecular flexibility index (Phi) is 5.44. The lowest BCUT2D eigenvalue weighted by Crippen LogP contribution is -2.28. The van der Waals surface area contributed by atoms with Crippen LogP contribution in [-0.4, -0.2) is 41.5 Å². The van der Waals surface area contributed by atoms with E-state index in [1.54, 1.807) is 60.2 Å². The lowest BCUT2D eigenvalue weighted by molar-refractivity contribution is 0.0926. The molecule has 27 heavy (non-hydrogen) atoms. The van der Waals surface area contributed by atoms with Gasteiger partial charge in [-0.25, -0.2) is 4.98 Å². The first-order valence-corrected chi connectivity index (χ1v) is 8.20. The summed E-state index contributed by atoms with van der Waals surface area (Å²) >= 11 is 0. The third-order valence-corrected chi connectivity index (χ3v) is 3.83. The van der Waals surface area contributed by atoms with E-state index >= 15 is 0 Å². The van der Waals surface area contributed by atoms with Crippen LogP contribution in [0, 0.1) is 11.3 Å². The number of methoxy groups -OCH3 is 1. The molecule has 0 saturated carbocycles. The third-order valence-electron chi connectivity index (χ3n) is 3.83. The SMILES string of the molecule is COCCNC(=O)c1nc(C(=O)Nc2ccc(C#N)cc2)c2ccccn12. The molecule has 0 aliphatic carbocycles. The number of pyridine rings is 1. The number of hydrogen-bond donors (Lipinski definition) is 2. The van der Waals surface area contributed by atoms with E-state index in [0.29, 0.717) is 29.9 Å². The predicted octanol–water partition coefficient (Wildman–Crippen LogP) is 1.83. The molecule has 0 unspecified atom stereocenters. The van der Waals surface area contributed by atoms with Crippen molar-refractivity contribution in [2.45, 2.75) is 0 Å². The van der Waals surface area contributed by atoms with Gasteiger partial charge in [0, 0.05) is 25.5 Å². The van der Waals surface area contributed by atoms with E-state index in [2.05, 4.69) is 15.6 Å². The fraction of sp³-hybridized carbons (Fsp3) is 0.158. The number of ether oxygens (including phenoxy) is 1. The number of carbonyl (C=O) groups is 2. The van der Waals surface area contributed by atoms with Crippen LogP contribution in [0.1, 0.15) is 26.7 Å². The Hall–Kier alpha value is -3.70. The maximum atomic E-state index is 12.7. The second-order valence-electron chi connectivity index (χ2n) is 5.63. The van der Waals surface area contributed by atoms with E-state index in [0.717, 1.165) is 0 Å². The zero-order chi connectivity index (χ0) is 19.2. The topological polar surface area (TPSA) is 109 Å². The van der Waals surface area contributed by atoms with E-state index in [9.17, 15) is 9.59 Å². The van der Waals surface area contributed by atoms with Gasteiger partial charge < -0.3 is 15.4 Å². The number of hydrogen-bond acceptors (Lipinski definition) is 5. The summed E-state index contributed by atoms with van der Waals surface area (Å²) < 4.78 is 6.48. The van der Waals surface area contributed by atoms with Crippen LogP contribution in [0.15, 0.2) is 48.7 Å². The van der Waals surface area contributed by atoms with Gasteiger partial charge in [0.2, 0.25) is 5.82 Å². The molecule has 8 heteroatoms. The molecule has 0 aliphatic rings. The molecule has 2 amide bonds. The molecule has 3 aromatic rings. The fourth-order valence-corrected chi connectivity index (χ4v) is 2.53. The van der Waals surface area contributed by atoms with E-state index in [1.807, 2.05) is 6.07 Å². The minimum absolute atomic E-state index is 0.117. The predicted molar refractivity (Wildman–Crippen MR) is 98.5 cm³/mol. The number of fused-ring (bicyclic) bond motifs is 1. The Balaban J connectivity index is 1.88. The smallest absolute Gasteiger partial charge is 0.287 e. The molecule has 0 aliphatic heterocycles. The lowest BCUT2D eigenvalue weighted by Gasteiger charge is -2.03. The molecular weight excluding hydrogens is 346 g/mol. The third kappa shape index (κ3) is 3.94. The highest BCUT2D eigenvalue weighted by Gasteiger charge is 2.21. The van der Waals surface area contributed by atoms with Gasteiger partial charge in [-0.2, -0.15) is 5.26 Å². The number of amides is 2. The monoisotopic (exact) mass is 363 g/mol. The average molecular weight is 363 g/mol. The highest BCUT2D eigenvalue weighted by Crippen LogP contribution is 2.16. The molecule has 3 rings (SSSR count). The second-order valence-corrected chi connectivity index (χ2v) is 5.63. The number of carbonyl (C=O) groups excluding carboxylic acids is 2. The van der Waals surface area contributed by atoms with Crippen molar-refractivity contribution in [2.75, 3.05) is 25.6 Å². The highest BCUT2D eigenvalue weighted by molar-refractivity contribution is 6.08. The Morgan fingerprint density at radius 3 is 2.67 bits per heavy atom. The van der Waals surface area contributed by atoms with Crippen LogP contribution in [-0.2, 0) is 4.74 Å². The normalized spacial score (nSPS) is 10.4. The largest absolute Gasteiger partial charge is 0.383 e. The Morgan fingerprint density at radius 1 is 1.19 bits per heavy atom. The number of benzene rings is 1. The maximum Gasteiger partial charge on any atom is 0.287 e. The summed E-state index contributed by atoms with van der Waals surface area (Å²) in [6, 6.07) is 13.7. The molecule has 0 radical (unpaired) electrons. The summed E-state index contributed by atoms with van der Waals surface area (Å²) in [6.07, 6.45) is 1.67. The molecule has 0 atom stereocenters. The quantitative estimate of drug-likeness (QED) is 0.650. The van der Waals surface area contributed by atoms with Crippen molar-refractivity contribution >= 4 is 23.0 Å². The van der Waals surface area contributed by atoms with Crippen LogP contribution in [0.4, 0.5) is 5.69 Å². The first kappa shape index (κ1) is 18.1. The number of aromatic nitrogens is 2. The molecule has 0 spiro atoms. The summed E-state index contributed by atoms with van der Waals surface area (Å²) in [5.41, 5.74) is 1.68. The maximum absolute atomic E-state index is 12.7. The number of nitrogens with one attached hydrogen (secondary N) is 2. The van der Waals surface area contributed by atoms with Gasteiger partial charge in [-0.15, -0.1) is 0 Å². The van der Waals surface area contributed by atoms with Gasteiger partial charge in [-0.3, -0.25) is 14.0 Å². The van der Waals surface area contributed by atoms with E-state index in [-0.39, 0.29) is 11.5 Å². The van der Waals surface area contributed by atoms with Crippen molar-refractivity contribution in [1.82, 2.24) is 14.7 Å². The molecule has 0 fully saturated rings. The van der Waals surface area contributed by atoms with Crippen molar-refractivity contribution < 1.29 is 14.3 Å².